The molecule has 0 atom stereocenters. The third-order valence-electron chi connectivity index (χ3n) is 4.24. The lowest BCUT2D eigenvalue weighted by atomic mass is 9.63. The first-order valence-electron chi connectivity index (χ1n) is 6.70. The normalized spacial score (nSPS) is 13.4. The van der Waals surface area contributed by atoms with Crippen LogP contribution in [0.15, 0.2) is 0 Å². The van der Waals surface area contributed by atoms with E-state index in [-0.39, 0.29) is 22.8 Å². The van der Waals surface area contributed by atoms with E-state index in [1.165, 1.54) is 0 Å². The van der Waals surface area contributed by atoms with Crippen LogP contribution in [-0.4, -0.2) is 23.9 Å². The van der Waals surface area contributed by atoms with E-state index in [9.17, 15) is 4.79 Å². The summed E-state index contributed by atoms with van der Waals surface area (Å²) in [5.41, 5.74) is -0.308. The van der Waals surface area contributed by atoms with Crippen molar-refractivity contribution in [2.75, 3.05) is 7.05 Å². The topological polar surface area (TPSA) is 20.3 Å². The van der Waals surface area contributed by atoms with E-state index in [1.807, 2.05) is 11.9 Å². The van der Waals surface area contributed by atoms with Crippen LogP contribution in [-0.2, 0) is 4.79 Å². The Morgan fingerprint density at radius 2 is 1.47 bits per heavy atom. The minimum absolute atomic E-state index is 0.0153. The van der Waals surface area contributed by atoms with Gasteiger partial charge in [-0.25, -0.2) is 0 Å². The molecule has 0 aliphatic carbocycles. The largest absolute Gasteiger partial charge is 0.343 e. The number of carbonyl (C=O) groups is 1. The Hall–Kier alpha value is -0.530. The van der Waals surface area contributed by atoms with Crippen molar-refractivity contribution < 1.29 is 4.79 Å². The summed E-state index contributed by atoms with van der Waals surface area (Å²) in [5.74, 6) is 0.861. The van der Waals surface area contributed by atoms with E-state index < -0.39 is 0 Å². The van der Waals surface area contributed by atoms with Crippen molar-refractivity contribution in [1.29, 1.82) is 0 Å². The summed E-state index contributed by atoms with van der Waals surface area (Å²) < 4.78 is 0. The fourth-order valence-corrected chi connectivity index (χ4v) is 2.24. The Labute approximate surface area is 108 Å². The van der Waals surface area contributed by atoms with Crippen LogP contribution >= 0.6 is 0 Å². The van der Waals surface area contributed by atoms with E-state index in [1.54, 1.807) is 0 Å². The van der Waals surface area contributed by atoms with Crippen LogP contribution in [0.2, 0.25) is 0 Å². The number of amides is 1. The molecule has 0 heterocycles. The second kappa shape index (κ2) is 5.41. The number of rotatable bonds is 5. The van der Waals surface area contributed by atoms with Gasteiger partial charge >= 0.3 is 0 Å². The average Bonchev–Trinajstić information content (AvgIpc) is 2.12. The lowest BCUT2D eigenvalue weighted by molar-refractivity contribution is -0.147. The number of carbonyl (C=O) groups excluding carboxylic acids is 1. The van der Waals surface area contributed by atoms with Gasteiger partial charge in [-0.1, -0.05) is 41.5 Å². The molecule has 0 saturated carbocycles. The summed E-state index contributed by atoms with van der Waals surface area (Å²) >= 11 is 0. The van der Waals surface area contributed by atoms with Gasteiger partial charge in [0, 0.05) is 18.5 Å². The second-order valence-corrected chi connectivity index (χ2v) is 7.12. The zero-order valence-corrected chi connectivity index (χ0v) is 13.2. The van der Waals surface area contributed by atoms with Gasteiger partial charge in [0.2, 0.25) is 5.91 Å². The molecule has 0 aromatic carbocycles. The van der Waals surface area contributed by atoms with Crippen molar-refractivity contribution in [2.45, 2.75) is 67.9 Å². The van der Waals surface area contributed by atoms with Crippen LogP contribution in [0.25, 0.3) is 0 Å². The molecule has 0 unspecified atom stereocenters. The molecule has 0 aliphatic rings. The van der Waals surface area contributed by atoms with Gasteiger partial charge in [0.05, 0.1) is 0 Å². The van der Waals surface area contributed by atoms with Crippen LogP contribution in [0.4, 0.5) is 0 Å². The maximum atomic E-state index is 12.6. The number of hydrogen-bond donors (Lipinski definition) is 0. The molecule has 2 nitrogen and oxygen atoms in total. The van der Waals surface area contributed by atoms with Gasteiger partial charge < -0.3 is 4.90 Å². The average molecular weight is 241 g/mol. The second-order valence-electron chi connectivity index (χ2n) is 7.12. The zero-order chi connectivity index (χ0) is 14.0. The van der Waals surface area contributed by atoms with Crippen molar-refractivity contribution in [3.63, 3.8) is 0 Å². The summed E-state index contributed by atoms with van der Waals surface area (Å²) in [6.07, 6.45) is 1.07. The van der Waals surface area contributed by atoms with Gasteiger partial charge in [0.15, 0.2) is 0 Å². The van der Waals surface area contributed by atoms with Gasteiger partial charge in [0.25, 0.3) is 0 Å². The number of hydrogen-bond acceptors (Lipinski definition) is 1. The van der Waals surface area contributed by atoms with E-state index >= 15 is 0 Å². The first kappa shape index (κ1) is 16.5. The maximum absolute atomic E-state index is 12.6. The fourth-order valence-electron chi connectivity index (χ4n) is 2.24. The van der Waals surface area contributed by atoms with Crippen molar-refractivity contribution in [1.82, 2.24) is 4.90 Å². The highest BCUT2D eigenvalue weighted by Gasteiger charge is 2.44. The molecule has 0 aromatic rings. The Balaban J connectivity index is 5.05. The van der Waals surface area contributed by atoms with Gasteiger partial charge in [-0.2, -0.15) is 0 Å². The van der Waals surface area contributed by atoms with Crippen LogP contribution in [0.3, 0.4) is 0 Å². The van der Waals surface area contributed by atoms with E-state index in [4.69, 9.17) is 0 Å². The molecule has 17 heavy (non-hydrogen) atoms. The van der Waals surface area contributed by atoms with Crippen molar-refractivity contribution in [3.05, 3.63) is 0 Å². The molecular formula is C15H31NO. The fraction of sp³-hybridized carbons (Fsp3) is 0.933. The predicted octanol–water partition coefficient (Wildman–Crippen LogP) is 3.95. The van der Waals surface area contributed by atoms with Crippen molar-refractivity contribution in [3.8, 4) is 0 Å². The SMILES string of the molecule is CC(C)CC(C)(C)C(C)(C)C(=O)N(C)C(C)C. The minimum atomic E-state index is -0.323. The molecule has 0 aromatic heterocycles. The Kier molecular flexibility index (Phi) is 5.24. The molecular weight excluding hydrogens is 210 g/mol. The molecule has 0 bridgehead atoms. The van der Waals surface area contributed by atoms with Crippen molar-refractivity contribution in [2.24, 2.45) is 16.7 Å². The molecule has 0 saturated heterocycles. The van der Waals surface area contributed by atoms with Gasteiger partial charge in [-0.15, -0.1) is 0 Å². The maximum Gasteiger partial charge on any atom is 0.228 e. The summed E-state index contributed by atoms with van der Waals surface area (Å²) in [6.45, 7) is 17.1. The molecule has 0 radical (unpaired) electrons. The van der Waals surface area contributed by atoms with Gasteiger partial charge in [-0.05, 0) is 31.6 Å². The highest BCUT2D eigenvalue weighted by atomic mass is 16.2. The summed E-state index contributed by atoms with van der Waals surface area (Å²) in [4.78, 5) is 14.4. The van der Waals surface area contributed by atoms with Crippen molar-refractivity contribution >= 4 is 5.91 Å². The highest BCUT2D eigenvalue weighted by molar-refractivity contribution is 5.82. The van der Waals surface area contributed by atoms with E-state index in [0.29, 0.717) is 5.92 Å². The quantitative estimate of drug-likeness (QED) is 0.713. The first-order valence-corrected chi connectivity index (χ1v) is 6.70. The first-order chi connectivity index (χ1) is 7.43. The lowest BCUT2D eigenvalue weighted by Crippen LogP contribution is -2.49. The summed E-state index contributed by atoms with van der Waals surface area (Å²) in [7, 11) is 1.90. The standard InChI is InChI=1S/C15H31NO/c1-11(2)10-14(5,6)15(7,8)13(17)16(9)12(3)4/h11-12H,10H2,1-9H3. The van der Waals surface area contributed by atoms with Crippen LogP contribution in [0.1, 0.15) is 61.8 Å². The molecule has 1 amide bonds. The molecule has 0 N–H and O–H groups in total. The van der Waals surface area contributed by atoms with Gasteiger partial charge in [0.1, 0.15) is 0 Å². The van der Waals surface area contributed by atoms with Gasteiger partial charge in [-0.3, -0.25) is 4.79 Å². The molecule has 0 spiro atoms. The highest BCUT2D eigenvalue weighted by Crippen LogP contribution is 2.44. The minimum Gasteiger partial charge on any atom is -0.343 e. The Bertz CT molecular complexity index is 264. The summed E-state index contributed by atoms with van der Waals surface area (Å²) in [5, 5.41) is 0. The molecule has 102 valence electrons. The third-order valence-corrected chi connectivity index (χ3v) is 4.24. The molecule has 0 fully saturated rings. The van der Waals surface area contributed by atoms with E-state index in [2.05, 4.69) is 55.4 Å². The predicted molar refractivity (Wildman–Crippen MR) is 74.9 cm³/mol. The molecule has 2 heteroatoms. The summed E-state index contributed by atoms with van der Waals surface area (Å²) in [6, 6.07) is 0.261. The van der Waals surface area contributed by atoms with Crippen LogP contribution in [0.5, 0.6) is 0 Å². The third kappa shape index (κ3) is 3.72. The molecule has 0 rings (SSSR count). The zero-order valence-electron chi connectivity index (χ0n) is 13.2. The molecule has 0 aliphatic heterocycles. The smallest absolute Gasteiger partial charge is 0.228 e. The van der Waals surface area contributed by atoms with Crippen LogP contribution < -0.4 is 0 Å². The Morgan fingerprint density at radius 1 is 1.06 bits per heavy atom. The lowest BCUT2D eigenvalue weighted by Gasteiger charge is -2.44. The van der Waals surface area contributed by atoms with Crippen LogP contribution in [0, 0.1) is 16.7 Å². The number of nitrogens with zero attached hydrogens (tertiary/aromatic N) is 1. The monoisotopic (exact) mass is 241 g/mol. The van der Waals surface area contributed by atoms with E-state index in [0.717, 1.165) is 6.42 Å². The Morgan fingerprint density at radius 3 is 1.76 bits per heavy atom.